The minimum atomic E-state index is -0.894. The lowest BCUT2D eigenvalue weighted by Gasteiger charge is -2.15. The van der Waals surface area contributed by atoms with E-state index in [2.05, 4.69) is 5.32 Å². The van der Waals surface area contributed by atoms with Gasteiger partial charge in [0.2, 0.25) is 5.91 Å². The fourth-order valence-electron chi connectivity index (χ4n) is 2.64. The first kappa shape index (κ1) is 14.1. The molecule has 1 aromatic rings. The standard InChI is InChI=1S/C15H16N2O3/c16-8-10-3-1-4-11(7-10)9-17-14(18)12-5-2-6-13(12)15(19)20/h1,3-4,7,12-13H,2,5-6,9H2,(H,17,18)(H,19,20)/t12-,13+/m1/s1. The number of benzene rings is 1. The minimum Gasteiger partial charge on any atom is -0.481 e. The largest absolute Gasteiger partial charge is 0.481 e. The minimum absolute atomic E-state index is 0.211. The molecule has 1 aliphatic carbocycles. The molecule has 2 atom stereocenters. The molecule has 20 heavy (non-hydrogen) atoms. The SMILES string of the molecule is N#Cc1cccc(CNC(=O)[C@@H]2CCC[C@@H]2C(=O)O)c1. The van der Waals surface area contributed by atoms with Crippen molar-refractivity contribution in [2.24, 2.45) is 11.8 Å². The van der Waals surface area contributed by atoms with Crippen molar-refractivity contribution in [1.82, 2.24) is 5.32 Å². The number of amides is 1. The van der Waals surface area contributed by atoms with E-state index in [0.29, 0.717) is 24.9 Å². The average Bonchev–Trinajstić information content (AvgIpc) is 2.94. The number of hydrogen-bond acceptors (Lipinski definition) is 3. The second-order valence-electron chi connectivity index (χ2n) is 5.01. The summed E-state index contributed by atoms with van der Waals surface area (Å²) in [6.07, 6.45) is 1.97. The van der Waals surface area contributed by atoms with Gasteiger partial charge in [-0.1, -0.05) is 18.6 Å². The first-order valence-corrected chi connectivity index (χ1v) is 6.61. The number of nitrogens with one attached hydrogen (secondary N) is 1. The van der Waals surface area contributed by atoms with E-state index in [0.717, 1.165) is 12.0 Å². The average molecular weight is 272 g/mol. The Morgan fingerprint density at radius 1 is 1.35 bits per heavy atom. The van der Waals surface area contributed by atoms with Crippen LogP contribution in [-0.4, -0.2) is 17.0 Å². The van der Waals surface area contributed by atoms with E-state index in [1.54, 1.807) is 18.2 Å². The van der Waals surface area contributed by atoms with Crippen molar-refractivity contribution in [1.29, 1.82) is 5.26 Å². The van der Waals surface area contributed by atoms with E-state index in [-0.39, 0.29) is 5.91 Å². The summed E-state index contributed by atoms with van der Waals surface area (Å²) >= 11 is 0. The monoisotopic (exact) mass is 272 g/mol. The Bertz CT molecular complexity index is 562. The lowest BCUT2D eigenvalue weighted by Crippen LogP contribution is -2.34. The molecule has 0 bridgehead atoms. The predicted octanol–water partition coefficient (Wildman–Crippen LogP) is 1.68. The second kappa shape index (κ2) is 6.20. The van der Waals surface area contributed by atoms with Crippen LogP contribution >= 0.6 is 0 Å². The molecule has 0 heterocycles. The van der Waals surface area contributed by atoms with E-state index in [9.17, 15) is 9.59 Å². The summed E-state index contributed by atoms with van der Waals surface area (Å²) in [4.78, 5) is 23.1. The molecule has 1 amide bonds. The molecular formula is C15H16N2O3. The normalized spacial score (nSPS) is 21.1. The molecule has 1 saturated carbocycles. The molecule has 0 aliphatic heterocycles. The molecule has 0 unspecified atom stereocenters. The van der Waals surface area contributed by atoms with Crippen molar-refractivity contribution >= 4 is 11.9 Å². The van der Waals surface area contributed by atoms with Gasteiger partial charge >= 0.3 is 5.97 Å². The van der Waals surface area contributed by atoms with Crippen LogP contribution in [0.5, 0.6) is 0 Å². The molecule has 104 valence electrons. The van der Waals surface area contributed by atoms with E-state index in [1.165, 1.54) is 0 Å². The highest BCUT2D eigenvalue weighted by molar-refractivity contribution is 5.85. The van der Waals surface area contributed by atoms with Gasteiger partial charge in [0, 0.05) is 6.54 Å². The molecule has 2 N–H and O–H groups in total. The van der Waals surface area contributed by atoms with Crippen LogP contribution in [0.15, 0.2) is 24.3 Å². The summed E-state index contributed by atoms with van der Waals surface area (Å²) < 4.78 is 0. The smallest absolute Gasteiger partial charge is 0.307 e. The molecule has 2 rings (SSSR count). The number of hydrogen-bond donors (Lipinski definition) is 2. The van der Waals surface area contributed by atoms with E-state index < -0.39 is 17.8 Å². The molecule has 0 saturated heterocycles. The zero-order chi connectivity index (χ0) is 14.5. The van der Waals surface area contributed by atoms with Gasteiger partial charge in [0.1, 0.15) is 0 Å². The Morgan fingerprint density at radius 2 is 2.10 bits per heavy atom. The molecule has 0 aromatic heterocycles. The fraction of sp³-hybridized carbons (Fsp3) is 0.400. The van der Waals surface area contributed by atoms with Crippen molar-refractivity contribution in [2.45, 2.75) is 25.8 Å². The van der Waals surface area contributed by atoms with Gasteiger partial charge in [-0.3, -0.25) is 9.59 Å². The predicted molar refractivity (Wildman–Crippen MR) is 71.5 cm³/mol. The lowest BCUT2D eigenvalue weighted by molar-refractivity contribution is -0.146. The van der Waals surface area contributed by atoms with Gasteiger partial charge in [0.05, 0.1) is 23.5 Å². The number of nitriles is 1. The van der Waals surface area contributed by atoms with Crippen molar-refractivity contribution in [2.75, 3.05) is 0 Å². The number of carbonyl (C=O) groups is 2. The highest BCUT2D eigenvalue weighted by atomic mass is 16.4. The number of carboxylic acids is 1. The number of carbonyl (C=O) groups excluding carboxylic acids is 1. The number of nitrogens with zero attached hydrogens (tertiary/aromatic N) is 1. The maximum atomic E-state index is 12.0. The Kier molecular flexibility index (Phi) is 4.36. The highest BCUT2D eigenvalue weighted by Crippen LogP contribution is 2.32. The van der Waals surface area contributed by atoms with Crippen LogP contribution in [0.2, 0.25) is 0 Å². The molecule has 0 spiro atoms. The fourth-order valence-corrected chi connectivity index (χ4v) is 2.64. The number of rotatable bonds is 4. The van der Waals surface area contributed by atoms with Gasteiger partial charge < -0.3 is 10.4 Å². The third-order valence-electron chi connectivity index (χ3n) is 3.69. The highest BCUT2D eigenvalue weighted by Gasteiger charge is 2.37. The van der Waals surface area contributed by atoms with E-state index in [1.807, 2.05) is 12.1 Å². The molecular weight excluding hydrogens is 256 g/mol. The second-order valence-corrected chi connectivity index (χ2v) is 5.01. The Hall–Kier alpha value is -2.35. The summed E-state index contributed by atoms with van der Waals surface area (Å²) in [7, 11) is 0. The quantitative estimate of drug-likeness (QED) is 0.872. The van der Waals surface area contributed by atoms with Crippen LogP contribution in [-0.2, 0) is 16.1 Å². The van der Waals surface area contributed by atoms with Gasteiger partial charge in [-0.25, -0.2) is 0 Å². The van der Waals surface area contributed by atoms with Crippen LogP contribution in [0.25, 0.3) is 0 Å². The van der Waals surface area contributed by atoms with E-state index in [4.69, 9.17) is 10.4 Å². The first-order chi connectivity index (χ1) is 9.61. The van der Waals surface area contributed by atoms with E-state index >= 15 is 0 Å². The Labute approximate surface area is 117 Å². The van der Waals surface area contributed by atoms with Crippen molar-refractivity contribution in [3.63, 3.8) is 0 Å². The summed E-state index contributed by atoms with van der Waals surface area (Å²) in [6, 6.07) is 9.03. The molecule has 0 radical (unpaired) electrons. The lowest BCUT2D eigenvalue weighted by atomic mass is 9.95. The summed E-state index contributed by atoms with van der Waals surface area (Å²) in [5.74, 6) is -2.11. The van der Waals surface area contributed by atoms with Crippen LogP contribution < -0.4 is 5.32 Å². The molecule has 1 fully saturated rings. The van der Waals surface area contributed by atoms with Crippen LogP contribution in [0, 0.1) is 23.2 Å². The van der Waals surface area contributed by atoms with Crippen LogP contribution in [0.4, 0.5) is 0 Å². The van der Waals surface area contributed by atoms with Gasteiger partial charge in [-0.2, -0.15) is 5.26 Å². The zero-order valence-electron chi connectivity index (χ0n) is 11.0. The maximum absolute atomic E-state index is 12.0. The van der Waals surface area contributed by atoms with Gasteiger partial charge in [0.25, 0.3) is 0 Å². The molecule has 1 aromatic carbocycles. The number of aliphatic carboxylic acids is 1. The van der Waals surface area contributed by atoms with Crippen molar-refractivity contribution in [3.05, 3.63) is 35.4 Å². The van der Waals surface area contributed by atoms with Gasteiger partial charge in [0.15, 0.2) is 0 Å². The molecule has 1 aliphatic rings. The van der Waals surface area contributed by atoms with Crippen molar-refractivity contribution in [3.8, 4) is 6.07 Å². The molecule has 5 nitrogen and oxygen atoms in total. The maximum Gasteiger partial charge on any atom is 0.307 e. The Balaban J connectivity index is 1.95. The Morgan fingerprint density at radius 3 is 2.80 bits per heavy atom. The first-order valence-electron chi connectivity index (χ1n) is 6.61. The zero-order valence-corrected chi connectivity index (χ0v) is 11.0. The summed E-state index contributed by atoms with van der Waals surface area (Å²) in [5.41, 5.74) is 1.38. The third kappa shape index (κ3) is 3.15. The van der Waals surface area contributed by atoms with Gasteiger partial charge in [-0.05, 0) is 30.5 Å². The third-order valence-corrected chi connectivity index (χ3v) is 3.69. The van der Waals surface area contributed by atoms with Gasteiger partial charge in [-0.15, -0.1) is 0 Å². The summed E-state index contributed by atoms with van der Waals surface area (Å²) in [5, 5.41) is 20.6. The number of carboxylic acid groups (broad SMARTS) is 1. The molecule has 5 heteroatoms. The van der Waals surface area contributed by atoms with Crippen molar-refractivity contribution < 1.29 is 14.7 Å². The summed E-state index contributed by atoms with van der Waals surface area (Å²) in [6.45, 7) is 0.317. The van der Waals surface area contributed by atoms with Crippen LogP contribution in [0.3, 0.4) is 0 Å². The van der Waals surface area contributed by atoms with Crippen LogP contribution in [0.1, 0.15) is 30.4 Å². The topological polar surface area (TPSA) is 90.2 Å².